The van der Waals surface area contributed by atoms with Crippen LogP contribution in [-0.2, 0) is 11.3 Å². The van der Waals surface area contributed by atoms with Crippen LogP contribution in [0, 0.1) is 5.82 Å². The van der Waals surface area contributed by atoms with Crippen molar-refractivity contribution in [2.24, 2.45) is 0 Å². The number of nitrogens with one attached hydrogen (secondary N) is 1. The van der Waals surface area contributed by atoms with E-state index in [1.807, 2.05) is 12.1 Å². The van der Waals surface area contributed by atoms with Crippen molar-refractivity contribution < 1.29 is 13.9 Å². The molecule has 1 N–H and O–H groups in total. The van der Waals surface area contributed by atoms with Crippen LogP contribution in [0.2, 0.25) is 5.02 Å². The topological polar surface area (TPSA) is 30.5 Å². The molecule has 0 aliphatic carbocycles. The molecule has 2 aromatic rings. The van der Waals surface area contributed by atoms with Gasteiger partial charge in [-0.05, 0) is 29.8 Å². The Bertz CT molecular complexity index is 592. The van der Waals surface area contributed by atoms with E-state index in [0.717, 1.165) is 12.1 Å². The summed E-state index contributed by atoms with van der Waals surface area (Å²) in [5.74, 6) is 0.577. The van der Waals surface area contributed by atoms with Crippen LogP contribution in [0.5, 0.6) is 11.5 Å². The maximum absolute atomic E-state index is 13.1. The summed E-state index contributed by atoms with van der Waals surface area (Å²) in [6.45, 7) is 2.13. The van der Waals surface area contributed by atoms with Crippen LogP contribution in [0.25, 0.3) is 0 Å². The minimum absolute atomic E-state index is 0.345. The molecular formula is C16H17ClFNO2. The second-order valence-corrected chi connectivity index (χ2v) is 4.90. The molecule has 0 aliphatic rings. The normalized spacial score (nSPS) is 10.6. The molecule has 5 heteroatoms. The summed E-state index contributed by atoms with van der Waals surface area (Å²) in [4.78, 5) is 0. The number of benzene rings is 2. The molecule has 112 valence electrons. The minimum Gasteiger partial charge on any atom is -0.456 e. The Labute approximate surface area is 128 Å². The highest BCUT2D eigenvalue weighted by Gasteiger charge is 2.05. The van der Waals surface area contributed by atoms with Crippen molar-refractivity contribution in [3.05, 3.63) is 58.9 Å². The Balaban J connectivity index is 1.98. The molecule has 21 heavy (non-hydrogen) atoms. The van der Waals surface area contributed by atoms with Crippen molar-refractivity contribution >= 4 is 11.6 Å². The molecule has 0 fully saturated rings. The van der Waals surface area contributed by atoms with E-state index in [2.05, 4.69) is 5.32 Å². The largest absolute Gasteiger partial charge is 0.456 e. The molecule has 0 saturated heterocycles. The molecule has 0 aliphatic heterocycles. The van der Waals surface area contributed by atoms with Crippen LogP contribution in [0.3, 0.4) is 0 Å². The van der Waals surface area contributed by atoms with Gasteiger partial charge in [-0.25, -0.2) is 4.39 Å². The van der Waals surface area contributed by atoms with Gasteiger partial charge in [0.25, 0.3) is 0 Å². The molecule has 3 nitrogen and oxygen atoms in total. The third-order valence-corrected chi connectivity index (χ3v) is 3.13. The van der Waals surface area contributed by atoms with E-state index >= 15 is 0 Å². The smallest absolute Gasteiger partial charge is 0.146 e. The van der Waals surface area contributed by atoms with Crippen molar-refractivity contribution in [3.8, 4) is 11.5 Å². The van der Waals surface area contributed by atoms with E-state index in [9.17, 15) is 4.39 Å². The number of rotatable bonds is 7. The van der Waals surface area contributed by atoms with E-state index in [1.54, 1.807) is 25.3 Å². The van der Waals surface area contributed by atoms with Gasteiger partial charge in [0.1, 0.15) is 17.3 Å². The zero-order valence-corrected chi connectivity index (χ0v) is 12.5. The first-order valence-electron chi connectivity index (χ1n) is 6.60. The fraction of sp³-hybridized carbons (Fsp3) is 0.250. The standard InChI is InChI=1S/C16H17ClFNO2/c1-20-8-7-19-11-12-5-6-16(15(17)9-12)21-14-4-2-3-13(18)10-14/h2-6,9-10,19H,7-8,11H2,1H3. The lowest BCUT2D eigenvalue weighted by Gasteiger charge is -2.10. The van der Waals surface area contributed by atoms with Gasteiger partial charge in [0.2, 0.25) is 0 Å². The maximum Gasteiger partial charge on any atom is 0.146 e. The molecule has 2 aromatic carbocycles. The van der Waals surface area contributed by atoms with Crippen molar-refractivity contribution in [1.82, 2.24) is 5.32 Å². The zero-order chi connectivity index (χ0) is 15.1. The summed E-state index contributed by atoms with van der Waals surface area (Å²) in [7, 11) is 1.66. The average molecular weight is 310 g/mol. The van der Waals surface area contributed by atoms with Crippen molar-refractivity contribution in [2.45, 2.75) is 6.54 Å². The SMILES string of the molecule is COCCNCc1ccc(Oc2cccc(F)c2)c(Cl)c1. The highest BCUT2D eigenvalue weighted by Crippen LogP contribution is 2.30. The van der Waals surface area contributed by atoms with Gasteiger partial charge in [-0.1, -0.05) is 23.7 Å². The highest BCUT2D eigenvalue weighted by atomic mass is 35.5. The molecule has 0 bridgehead atoms. The first kappa shape index (κ1) is 15.8. The molecule has 2 rings (SSSR count). The first-order valence-corrected chi connectivity index (χ1v) is 6.98. The van der Waals surface area contributed by atoms with Crippen molar-refractivity contribution in [2.75, 3.05) is 20.3 Å². The molecule has 0 spiro atoms. The van der Waals surface area contributed by atoms with Crippen LogP contribution in [-0.4, -0.2) is 20.3 Å². The van der Waals surface area contributed by atoms with Crippen LogP contribution >= 0.6 is 11.6 Å². The lowest BCUT2D eigenvalue weighted by molar-refractivity contribution is 0.199. The fourth-order valence-corrected chi connectivity index (χ4v) is 2.04. The van der Waals surface area contributed by atoms with Crippen molar-refractivity contribution in [1.29, 1.82) is 0 Å². The third kappa shape index (κ3) is 5.01. The zero-order valence-electron chi connectivity index (χ0n) is 11.7. The first-order chi connectivity index (χ1) is 10.2. The summed E-state index contributed by atoms with van der Waals surface area (Å²) in [5, 5.41) is 3.72. The lowest BCUT2D eigenvalue weighted by atomic mass is 10.2. The van der Waals surface area contributed by atoms with E-state index in [0.29, 0.717) is 29.7 Å². The Morgan fingerprint density at radius 3 is 2.76 bits per heavy atom. The Hall–Kier alpha value is -1.62. The van der Waals surface area contributed by atoms with Gasteiger partial charge in [0.05, 0.1) is 11.6 Å². The number of halogens is 2. The Morgan fingerprint density at radius 2 is 2.05 bits per heavy atom. The van der Waals surface area contributed by atoms with Gasteiger partial charge >= 0.3 is 0 Å². The monoisotopic (exact) mass is 309 g/mol. The van der Waals surface area contributed by atoms with Gasteiger partial charge in [0, 0.05) is 26.3 Å². The highest BCUT2D eigenvalue weighted by molar-refractivity contribution is 6.32. The van der Waals surface area contributed by atoms with Crippen LogP contribution in [0.4, 0.5) is 4.39 Å². The van der Waals surface area contributed by atoms with E-state index < -0.39 is 0 Å². The van der Waals surface area contributed by atoms with Crippen LogP contribution in [0.15, 0.2) is 42.5 Å². The molecule has 0 saturated carbocycles. The average Bonchev–Trinajstić information content (AvgIpc) is 2.46. The van der Waals surface area contributed by atoms with E-state index in [-0.39, 0.29) is 5.82 Å². The second kappa shape index (κ2) is 7.98. The quantitative estimate of drug-likeness (QED) is 0.784. The van der Waals surface area contributed by atoms with Gasteiger partial charge in [0.15, 0.2) is 0 Å². The number of methoxy groups -OCH3 is 1. The predicted molar refractivity (Wildman–Crippen MR) is 81.5 cm³/mol. The molecule has 0 atom stereocenters. The van der Waals surface area contributed by atoms with Crippen molar-refractivity contribution in [3.63, 3.8) is 0 Å². The molecule has 0 radical (unpaired) electrons. The summed E-state index contributed by atoms with van der Waals surface area (Å²) in [5.41, 5.74) is 1.04. The van der Waals surface area contributed by atoms with Gasteiger partial charge < -0.3 is 14.8 Å². The minimum atomic E-state index is -0.345. The molecule has 0 unspecified atom stereocenters. The third-order valence-electron chi connectivity index (χ3n) is 2.83. The van der Waals surface area contributed by atoms with Crippen LogP contribution in [0.1, 0.15) is 5.56 Å². The molecule has 0 heterocycles. The summed E-state index contributed by atoms with van der Waals surface area (Å²) < 4.78 is 23.6. The fourth-order valence-electron chi connectivity index (χ4n) is 1.80. The molecular weight excluding hydrogens is 293 g/mol. The molecule has 0 amide bonds. The molecule has 0 aromatic heterocycles. The Morgan fingerprint density at radius 1 is 1.19 bits per heavy atom. The number of ether oxygens (including phenoxy) is 2. The summed E-state index contributed by atoms with van der Waals surface area (Å²) in [6.07, 6.45) is 0. The van der Waals surface area contributed by atoms with Gasteiger partial charge in [-0.15, -0.1) is 0 Å². The van der Waals surface area contributed by atoms with Gasteiger partial charge in [-0.3, -0.25) is 0 Å². The van der Waals surface area contributed by atoms with Crippen LogP contribution < -0.4 is 10.1 Å². The summed E-state index contributed by atoms with van der Waals surface area (Å²) in [6, 6.07) is 11.5. The van der Waals surface area contributed by atoms with E-state index in [4.69, 9.17) is 21.1 Å². The predicted octanol–water partition coefficient (Wildman–Crippen LogP) is 4.01. The summed E-state index contributed by atoms with van der Waals surface area (Å²) >= 11 is 6.19. The number of hydrogen-bond acceptors (Lipinski definition) is 3. The maximum atomic E-state index is 13.1. The number of hydrogen-bond donors (Lipinski definition) is 1. The Kier molecular flexibility index (Phi) is 5.99. The second-order valence-electron chi connectivity index (χ2n) is 4.49. The van der Waals surface area contributed by atoms with E-state index in [1.165, 1.54) is 12.1 Å². The lowest BCUT2D eigenvalue weighted by Crippen LogP contribution is -2.18. The van der Waals surface area contributed by atoms with Gasteiger partial charge in [-0.2, -0.15) is 0 Å².